The molecule has 0 atom stereocenters. The van der Waals surface area contributed by atoms with Crippen molar-refractivity contribution >= 4 is 43.0 Å². The highest BCUT2D eigenvalue weighted by Crippen LogP contribution is 2.31. The Balaban J connectivity index is 2.36. The minimum Gasteiger partial charge on any atom is -0.497 e. The van der Waals surface area contributed by atoms with Gasteiger partial charge >= 0.3 is 0 Å². The average Bonchev–Trinajstić information content (AvgIpc) is 2.71. The molecule has 2 aromatic rings. The van der Waals surface area contributed by atoms with Gasteiger partial charge in [-0.15, -0.1) is 11.3 Å². The SMILES string of the molecule is COc1ccc(NS(=O)(=O)c2cc(Br)sc2C)c(C)c1. The quantitative estimate of drug-likeness (QED) is 0.880. The maximum Gasteiger partial charge on any atom is 0.263 e. The Labute approximate surface area is 131 Å². The third-order valence-corrected chi connectivity index (χ3v) is 5.98. The zero-order chi connectivity index (χ0) is 14.9. The lowest BCUT2D eigenvalue weighted by atomic mass is 10.2. The molecule has 1 N–H and O–H groups in total. The number of methoxy groups -OCH3 is 1. The molecular weight excluding hydrogens is 362 g/mol. The Hall–Kier alpha value is -1.05. The minimum absolute atomic E-state index is 0.296. The van der Waals surface area contributed by atoms with Crippen molar-refractivity contribution in [3.63, 3.8) is 0 Å². The van der Waals surface area contributed by atoms with Gasteiger partial charge in [-0.2, -0.15) is 0 Å². The molecule has 0 fully saturated rings. The fraction of sp³-hybridized carbons (Fsp3) is 0.231. The van der Waals surface area contributed by atoms with E-state index in [0.717, 1.165) is 14.2 Å². The van der Waals surface area contributed by atoms with E-state index in [2.05, 4.69) is 20.7 Å². The van der Waals surface area contributed by atoms with Crippen LogP contribution in [0.1, 0.15) is 10.4 Å². The van der Waals surface area contributed by atoms with Gasteiger partial charge in [0.15, 0.2) is 0 Å². The summed E-state index contributed by atoms with van der Waals surface area (Å²) in [6.45, 7) is 3.61. The number of hydrogen-bond acceptors (Lipinski definition) is 4. The number of thiophene rings is 1. The standard InChI is InChI=1S/C13H14BrNO3S2/c1-8-6-10(18-3)4-5-11(8)15-20(16,17)12-7-13(14)19-9(12)2/h4-7,15H,1-3H3. The van der Waals surface area contributed by atoms with Crippen LogP contribution >= 0.6 is 27.3 Å². The van der Waals surface area contributed by atoms with Crippen molar-refractivity contribution in [2.24, 2.45) is 0 Å². The summed E-state index contributed by atoms with van der Waals surface area (Å²) >= 11 is 4.70. The smallest absolute Gasteiger partial charge is 0.263 e. The first kappa shape index (κ1) is 15.3. The highest BCUT2D eigenvalue weighted by atomic mass is 79.9. The normalized spacial score (nSPS) is 11.4. The van der Waals surface area contributed by atoms with Crippen molar-refractivity contribution in [3.8, 4) is 5.75 Å². The summed E-state index contributed by atoms with van der Waals surface area (Å²) in [7, 11) is -2.00. The maximum atomic E-state index is 12.4. The van der Waals surface area contributed by atoms with E-state index in [0.29, 0.717) is 16.3 Å². The second kappa shape index (κ2) is 5.75. The highest BCUT2D eigenvalue weighted by Gasteiger charge is 2.20. The molecule has 108 valence electrons. The third kappa shape index (κ3) is 3.16. The highest BCUT2D eigenvalue weighted by molar-refractivity contribution is 9.11. The van der Waals surface area contributed by atoms with Crippen molar-refractivity contribution in [2.75, 3.05) is 11.8 Å². The topological polar surface area (TPSA) is 55.4 Å². The Bertz CT molecular complexity index is 738. The largest absolute Gasteiger partial charge is 0.497 e. The van der Waals surface area contributed by atoms with Crippen LogP contribution < -0.4 is 9.46 Å². The number of ether oxygens (including phenoxy) is 1. The maximum absolute atomic E-state index is 12.4. The monoisotopic (exact) mass is 375 g/mol. The molecule has 0 aliphatic rings. The van der Waals surface area contributed by atoms with E-state index in [1.165, 1.54) is 11.3 Å². The number of aryl methyl sites for hydroxylation is 2. The summed E-state index contributed by atoms with van der Waals surface area (Å²) in [4.78, 5) is 1.04. The van der Waals surface area contributed by atoms with E-state index < -0.39 is 10.0 Å². The fourth-order valence-corrected chi connectivity index (χ4v) is 5.32. The van der Waals surface area contributed by atoms with Crippen LogP contribution in [0.15, 0.2) is 32.9 Å². The van der Waals surface area contributed by atoms with Gasteiger partial charge in [-0.25, -0.2) is 8.42 Å². The number of sulfonamides is 1. The molecule has 20 heavy (non-hydrogen) atoms. The zero-order valence-corrected chi connectivity index (χ0v) is 14.4. The number of nitrogens with one attached hydrogen (secondary N) is 1. The Kier molecular flexibility index (Phi) is 4.41. The van der Waals surface area contributed by atoms with Crippen LogP contribution in [-0.4, -0.2) is 15.5 Å². The first-order valence-corrected chi connectivity index (χ1v) is 8.86. The molecule has 2 rings (SSSR count). The third-order valence-electron chi connectivity index (χ3n) is 2.81. The summed E-state index contributed by atoms with van der Waals surface area (Å²) in [5.74, 6) is 0.694. The average molecular weight is 376 g/mol. The molecule has 1 aromatic heterocycles. The van der Waals surface area contributed by atoms with E-state index in [9.17, 15) is 8.42 Å². The lowest BCUT2D eigenvalue weighted by Crippen LogP contribution is -2.13. The molecule has 0 saturated carbocycles. The van der Waals surface area contributed by atoms with Crippen LogP contribution in [0.5, 0.6) is 5.75 Å². The van der Waals surface area contributed by atoms with Gasteiger partial charge in [0, 0.05) is 4.88 Å². The summed E-state index contributed by atoms with van der Waals surface area (Å²) in [6, 6.07) is 6.82. The van der Waals surface area contributed by atoms with Crippen molar-refractivity contribution < 1.29 is 13.2 Å². The van der Waals surface area contributed by atoms with Crippen LogP contribution in [0, 0.1) is 13.8 Å². The lowest BCUT2D eigenvalue weighted by Gasteiger charge is -2.11. The summed E-state index contributed by atoms with van der Waals surface area (Å²) in [5.41, 5.74) is 1.35. The van der Waals surface area contributed by atoms with Gasteiger partial charge in [0.05, 0.1) is 16.6 Å². The number of rotatable bonds is 4. The van der Waals surface area contributed by atoms with Crippen molar-refractivity contribution in [1.29, 1.82) is 0 Å². The van der Waals surface area contributed by atoms with Gasteiger partial charge in [0.1, 0.15) is 10.6 Å². The molecule has 0 bridgehead atoms. The Morgan fingerprint density at radius 2 is 1.95 bits per heavy atom. The van der Waals surface area contributed by atoms with E-state index >= 15 is 0 Å². The number of benzene rings is 1. The van der Waals surface area contributed by atoms with E-state index in [4.69, 9.17) is 4.74 Å². The van der Waals surface area contributed by atoms with E-state index in [-0.39, 0.29) is 0 Å². The van der Waals surface area contributed by atoms with Crippen LogP contribution in [0.4, 0.5) is 5.69 Å². The molecule has 0 radical (unpaired) electrons. The summed E-state index contributed by atoms with van der Waals surface area (Å²) < 4.78 is 33.3. The molecule has 0 amide bonds. The molecule has 1 heterocycles. The molecule has 0 aliphatic carbocycles. The van der Waals surface area contributed by atoms with Crippen LogP contribution in [0.25, 0.3) is 0 Å². The zero-order valence-electron chi connectivity index (χ0n) is 11.2. The molecule has 4 nitrogen and oxygen atoms in total. The first-order chi connectivity index (χ1) is 9.33. The Morgan fingerprint density at radius 3 is 2.45 bits per heavy atom. The summed E-state index contributed by atoms with van der Waals surface area (Å²) in [5, 5.41) is 0. The van der Waals surface area contributed by atoms with Gasteiger partial charge in [-0.05, 0) is 59.6 Å². The molecule has 0 unspecified atom stereocenters. The number of anilines is 1. The van der Waals surface area contributed by atoms with Gasteiger partial charge in [-0.3, -0.25) is 4.72 Å². The molecule has 0 saturated heterocycles. The summed E-state index contributed by atoms with van der Waals surface area (Å²) in [6.07, 6.45) is 0. The fourth-order valence-electron chi connectivity index (χ4n) is 1.77. The molecule has 7 heteroatoms. The second-order valence-electron chi connectivity index (χ2n) is 4.26. The predicted molar refractivity (Wildman–Crippen MR) is 85.3 cm³/mol. The van der Waals surface area contributed by atoms with Crippen molar-refractivity contribution in [3.05, 3.63) is 38.5 Å². The number of halogens is 1. The van der Waals surface area contributed by atoms with Crippen LogP contribution in [-0.2, 0) is 10.0 Å². The van der Waals surface area contributed by atoms with Gasteiger partial charge in [0.25, 0.3) is 10.0 Å². The first-order valence-electron chi connectivity index (χ1n) is 5.77. The van der Waals surface area contributed by atoms with Crippen molar-refractivity contribution in [1.82, 2.24) is 0 Å². The molecule has 0 aliphatic heterocycles. The number of hydrogen-bond donors (Lipinski definition) is 1. The van der Waals surface area contributed by atoms with Crippen LogP contribution in [0.3, 0.4) is 0 Å². The van der Waals surface area contributed by atoms with Gasteiger partial charge in [-0.1, -0.05) is 0 Å². The second-order valence-corrected chi connectivity index (χ2v) is 8.54. The molecular formula is C13H14BrNO3S2. The van der Waals surface area contributed by atoms with Crippen molar-refractivity contribution in [2.45, 2.75) is 18.7 Å². The van der Waals surface area contributed by atoms with Crippen LogP contribution in [0.2, 0.25) is 0 Å². The lowest BCUT2D eigenvalue weighted by molar-refractivity contribution is 0.414. The van der Waals surface area contributed by atoms with E-state index in [1.807, 2.05) is 6.92 Å². The van der Waals surface area contributed by atoms with E-state index in [1.54, 1.807) is 38.3 Å². The van der Waals surface area contributed by atoms with Gasteiger partial charge in [0.2, 0.25) is 0 Å². The van der Waals surface area contributed by atoms with Gasteiger partial charge < -0.3 is 4.74 Å². The Morgan fingerprint density at radius 1 is 1.25 bits per heavy atom. The molecule has 1 aromatic carbocycles. The molecule has 0 spiro atoms. The predicted octanol–water partition coefficient (Wildman–Crippen LogP) is 3.94. The minimum atomic E-state index is -3.58.